The van der Waals surface area contributed by atoms with Crippen molar-refractivity contribution in [3.63, 3.8) is 0 Å². The van der Waals surface area contributed by atoms with Crippen LogP contribution in [0.25, 0.3) is 0 Å². The highest BCUT2D eigenvalue weighted by Crippen LogP contribution is 2.32. The summed E-state index contributed by atoms with van der Waals surface area (Å²) in [5.41, 5.74) is 3.07. The van der Waals surface area contributed by atoms with Crippen LogP contribution in [0.5, 0.6) is 0 Å². The fourth-order valence-corrected chi connectivity index (χ4v) is 5.96. The topological polar surface area (TPSA) is 87.5 Å². The van der Waals surface area contributed by atoms with E-state index in [4.69, 9.17) is 0 Å². The SMILES string of the molecule is CC(=O)N1CCC2CCC(CN(C(=O)CCn3nc(C)nc3C)Cc3ccccc31)N2Cc1cccnc1. The molecule has 5 rings (SSSR count). The molecule has 2 unspecified atom stereocenters. The summed E-state index contributed by atoms with van der Waals surface area (Å²) in [6.07, 6.45) is 7.04. The molecule has 0 radical (unpaired) electrons. The van der Waals surface area contributed by atoms with Crippen LogP contribution in [0, 0.1) is 13.8 Å². The lowest BCUT2D eigenvalue weighted by Gasteiger charge is -2.34. The van der Waals surface area contributed by atoms with Crippen molar-refractivity contribution in [2.75, 3.05) is 18.0 Å². The number of fused-ring (bicyclic) bond motifs is 3. The van der Waals surface area contributed by atoms with Gasteiger partial charge in [0.05, 0.1) is 6.54 Å². The minimum atomic E-state index is 0.0277. The predicted molar refractivity (Wildman–Crippen MR) is 145 cm³/mol. The summed E-state index contributed by atoms with van der Waals surface area (Å²) in [6, 6.07) is 12.7. The van der Waals surface area contributed by atoms with Gasteiger partial charge in [0, 0.05) is 69.7 Å². The molecule has 4 heterocycles. The lowest BCUT2D eigenvalue weighted by Crippen LogP contribution is -2.45. The van der Waals surface area contributed by atoms with Crippen molar-refractivity contribution >= 4 is 17.5 Å². The van der Waals surface area contributed by atoms with Gasteiger partial charge in [0.15, 0.2) is 0 Å². The molecule has 0 spiro atoms. The summed E-state index contributed by atoms with van der Waals surface area (Å²) in [4.78, 5) is 41.7. The van der Waals surface area contributed by atoms with Gasteiger partial charge in [-0.15, -0.1) is 0 Å². The van der Waals surface area contributed by atoms with Gasteiger partial charge in [-0.05, 0) is 56.4 Å². The normalized spacial score (nSPS) is 20.2. The van der Waals surface area contributed by atoms with Crippen LogP contribution in [0.1, 0.15) is 55.4 Å². The Kier molecular flexibility index (Phi) is 7.83. The molecule has 2 aromatic heterocycles. The van der Waals surface area contributed by atoms with E-state index in [-0.39, 0.29) is 17.9 Å². The number of amides is 2. The zero-order valence-electron chi connectivity index (χ0n) is 22.6. The third-order valence-electron chi connectivity index (χ3n) is 7.85. The number of hydrogen-bond acceptors (Lipinski definition) is 6. The van der Waals surface area contributed by atoms with E-state index in [1.54, 1.807) is 13.1 Å². The highest BCUT2D eigenvalue weighted by Gasteiger charge is 2.36. The van der Waals surface area contributed by atoms with Crippen LogP contribution in [-0.2, 0) is 29.2 Å². The highest BCUT2D eigenvalue weighted by molar-refractivity contribution is 5.92. The van der Waals surface area contributed by atoms with E-state index in [1.165, 1.54) is 5.56 Å². The third kappa shape index (κ3) is 5.78. The number of carbonyl (C=O) groups excluding carboxylic acids is 2. The molecule has 2 aliphatic heterocycles. The second kappa shape index (κ2) is 11.4. The molecule has 38 heavy (non-hydrogen) atoms. The average molecular weight is 516 g/mol. The Bertz CT molecular complexity index is 1270. The number of aromatic nitrogens is 4. The van der Waals surface area contributed by atoms with E-state index in [9.17, 15) is 9.59 Å². The second-order valence-corrected chi connectivity index (χ2v) is 10.5. The van der Waals surface area contributed by atoms with Gasteiger partial charge in [-0.2, -0.15) is 5.10 Å². The van der Waals surface area contributed by atoms with Gasteiger partial charge in [-0.3, -0.25) is 19.5 Å². The van der Waals surface area contributed by atoms with Crippen molar-refractivity contribution in [3.8, 4) is 0 Å². The Balaban J connectivity index is 1.45. The van der Waals surface area contributed by atoms with Crippen LogP contribution in [0.3, 0.4) is 0 Å². The van der Waals surface area contributed by atoms with Gasteiger partial charge < -0.3 is 9.80 Å². The number of pyridine rings is 1. The number of nitrogens with zero attached hydrogens (tertiary/aromatic N) is 7. The first-order chi connectivity index (χ1) is 18.4. The third-order valence-corrected chi connectivity index (χ3v) is 7.85. The number of rotatable bonds is 5. The first-order valence-electron chi connectivity index (χ1n) is 13.6. The molecule has 2 amide bonds. The molecular weight excluding hydrogens is 478 g/mol. The molecular formula is C29H37N7O2. The van der Waals surface area contributed by atoms with Crippen molar-refractivity contribution in [2.24, 2.45) is 0 Å². The summed E-state index contributed by atoms with van der Waals surface area (Å²) < 4.78 is 1.81. The van der Waals surface area contributed by atoms with Crippen molar-refractivity contribution in [1.82, 2.24) is 29.5 Å². The molecule has 2 aliphatic rings. The van der Waals surface area contributed by atoms with Crippen LogP contribution in [-0.4, -0.2) is 66.5 Å². The van der Waals surface area contributed by atoms with Crippen molar-refractivity contribution in [3.05, 3.63) is 71.6 Å². The Labute approximate surface area is 224 Å². The number of benzene rings is 1. The average Bonchev–Trinajstić information content (AvgIpc) is 3.42. The first kappa shape index (κ1) is 26.0. The van der Waals surface area contributed by atoms with Crippen LogP contribution in [0.2, 0.25) is 0 Å². The molecule has 2 atom stereocenters. The fourth-order valence-electron chi connectivity index (χ4n) is 5.96. The largest absolute Gasteiger partial charge is 0.337 e. The van der Waals surface area contributed by atoms with Crippen LogP contribution >= 0.6 is 0 Å². The molecule has 1 saturated heterocycles. The molecule has 200 valence electrons. The minimum Gasteiger partial charge on any atom is -0.337 e. The summed E-state index contributed by atoms with van der Waals surface area (Å²) in [5, 5.41) is 4.44. The van der Waals surface area contributed by atoms with Crippen molar-refractivity contribution in [1.29, 1.82) is 0 Å². The Hall–Kier alpha value is -3.59. The first-order valence-corrected chi connectivity index (χ1v) is 13.6. The maximum atomic E-state index is 13.8. The smallest absolute Gasteiger partial charge is 0.224 e. The minimum absolute atomic E-state index is 0.0277. The van der Waals surface area contributed by atoms with E-state index in [1.807, 2.05) is 64.9 Å². The number of anilines is 1. The van der Waals surface area contributed by atoms with Gasteiger partial charge in [-0.1, -0.05) is 24.3 Å². The van der Waals surface area contributed by atoms with Gasteiger partial charge in [-0.25, -0.2) is 9.67 Å². The molecule has 9 nitrogen and oxygen atoms in total. The summed E-state index contributed by atoms with van der Waals surface area (Å²) in [5.74, 6) is 1.65. The Morgan fingerprint density at radius 1 is 1.03 bits per heavy atom. The predicted octanol–water partition coefficient (Wildman–Crippen LogP) is 3.50. The Morgan fingerprint density at radius 2 is 1.84 bits per heavy atom. The maximum absolute atomic E-state index is 13.8. The molecule has 2 bridgehead atoms. The number of carbonyl (C=O) groups is 2. The molecule has 0 saturated carbocycles. The fraction of sp³-hybridized carbons (Fsp3) is 0.483. The van der Waals surface area contributed by atoms with Crippen LogP contribution in [0.4, 0.5) is 5.69 Å². The van der Waals surface area contributed by atoms with Crippen molar-refractivity contribution in [2.45, 2.75) is 78.2 Å². The zero-order valence-corrected chi connectivity index (χ0v) is 22.6. The summed E-state index contributed by atoms with van der Waals surface area (Å²) in [6.45, 7) is 8.48. The van der Waals surface area contributed by atoms with E-state index < -0.39 is 0 Å². The second-order valence-electron chi connectivity index (χ2n) is 10.5. The molecule has 0 N–H and O–H groups in total. The van der Waals surface area contributed by atoms with E-state index in [0.717, 1.165) is 42.9 Å². The lowest BCUT2D eigenvalue weighted by atomic mass is 10.1. The van der Waals surface area contributed by atoms with Crippen molar-refractivity contribution < 1.29 is 9.59 Å². The van der Waals surface area contributed by atoms with E-state index in [0.29, 0.717) is 44.5 Å². The van der Waals surface area contributed by atoms with E-state index in [2.05, 4.69) is 26.0 Å². The number of hydrogen-bond donors (Lipinski definition) is 0. The van der Waals surface area contributed by atoms with Crippen LogP contribution in [0.15, 0.2) is 48.8 Å². The van der Waals surface area contributed by atoms with Gasteiger partial charge in [0.25, 0.3) is 0 Å². The summed E-state index contributed by atoms with van der Waals surface area (Å²) in [7, 11) is 0. The monoisotopic (exact) mass is 515 g/mol. The van der Waals surface area contributed by atoms with Gasteiger partial charge >= 0.3 is 0 Å². The van der Waals surface area contributed by atoms with Gasteiger partial charge in [0.2, 0.25) is 11.8 Å². The number of para-hydroxylation sites is 1. The zero-order chi connectivity index (χ0) is 26.6. The lowest BCUT2D eigenvalue weighted by molar-refractivity contribution is -0.133. The Morgan fingerprint density at radius 3 is 2.58 bits per heavy atom. The van der Waals surface area contributed by atoms with Crippen LogP contribution < -0.4 is 4.90 Å². The van der Waals surface area contributed by atoms with E-state index >= 15 is 0 Å². The van der Waals surface area contributed by atoms with Gasteiger partial charge in [0.1, 0.15) is 11.6 Å². The molecule has 1 aromatic carbocycles. The highest BCUT2D eigenvalue weighted by atomic mass is 16.2. The molecule has 0 aliphatic carbocycles. The molecule has 1 fully saturated rings. The quantitative estimate of drug-likeness (QED) is 0.517. The summed E-state index contributed by atoms with van der Waals surface area (Å²) >= 11 is 0. The molecule has 9 heteroatoms. The molecule has 3 aromatic rings. The number of aryl methyl sites for hydroxylation is 3. The maximum Gasteiger partial charge on any atom is 0.224 e. The standard InChI is InChI=1S/C29H37N7O2/c1-21-31-22(2)36(32-21)16-13-29(38)33-19-25-8-4-5-9-28(25)34(23(3)37)15-12-26-10-11-27(20-33)35(26)18-24-7-6-14-30-17-24/h4-9,14,17,26-27H,10-13,15-16,18-20H2,1-3H3.